The Morgan fingerprint density at radius 3 is 2.26 bits per heavy atom. The van der Waals surface area contributed by atoms with Gasteiger partial charge in [-0.2, -0.15) is 0 Å². The molecule has 0 spiro atoms. The van der Waals surface area contributed by atoms with Gasteiger partial charge in [0.05, 0.1) is 38.6 Å². The van der Waals surface area contributed by atoms with Gasteiger partial charge in [-0.15, -0.1) is 0 Å². The van der Waals surface area contributed by atoms with Crippen LogP contribution in [0.2, 0.25) is 18.1 Å². The van der Waals surface area contributed by atoms with Gasteiger partial charge in [-0.1, -0.05) is 88.9 Å². The molecular weight excluding hydrogens is 556 g/mol. The highest BCUT2D eigenvalue weighted by atomic mass is 28.4. The van der Waals surface area contributed by atoms with Crippen molar-refractivity contribution in [2.75, 3.05) is 13.7 Å². The molecule has 1 aliphatic heterocycles. The second kappa shape index (κ2) is 17.6. The second-order valence-corrected chi connectivity index (χ2v) is 16.2. The maximum Gasteiger partial charge on any atom is 0.192 e. The molecule has 1 saturated heterocycles. The molecule has 6 nitrogen and oxygen atoms in total. The van der Waals surface area contributed by atoms with E-state index in [0.717, 1.165) is 40.8 Å². The van der Waals surface area contributed by atoms with E-state index in [2.05, 4.69) is 53.0 Å². The van der Waals surface area contributed by atoms with Crippen LogP contribution >= 0.6 is 0 Å². The van der Waals surface area contributed by atoms with Crippen molar-refractivity contribution in [3.63, 3.8) is 0 Å². The number of ether oxygens (including phenoxy) is 4. The lowest BCUT2D eigenvalue weighted by Crippen LogP contribution is -2.59. The van der Waals surface area contributed by atoms with E-state index in [1.54, 1.807) is 13.2 Å². The Balaban J connectivity index is 1.74. The van der Waals surface area contributed by atoms with Gasteiger partial charge in [0.1, 0.15) is 23.7 Å². The summed E-state index contributed by atoms with van der Waals surface area (Å²) in [5, 5.41) is 11.7. The molecule has 0 aliphatic carbocycles. The van der Waals surface area contributed by atoms with Crippen LogP contribution in [-0.4, -0.2) is 57.7 Å². The van der Waals surface area contributed by atoms with E-state index in [0.29, 0.717) is 26.1 Å². The van der Waals surface area contributed by atoms with Crippen molar-refractivity contribution in [3.8, 4) is 11.5 Å². The normalized spacial score (nSPS) is 23.2. The number of hydrogen-bond donors (Lipinski definition) is 1. The van der Waals surface area contributed by atoms with E-state index in [1.807, 2.05) is 54.6 Å². The van der Waals surface area contributed by atoms with Crippen molar-refractivity contribution in [2.45, 2.75) is 95.8 Å². The van der Waals surface area contributed by atoms with Gasteiger partial charge in [0.25, 0.3) is 0 Å². The van der Waals surface area contributed by atoms with Gasteiger partial charge in [-0.05, 0) is 60.5 Å². The summed E-state index contributed by atoms with van der Waals surface area (Å²) in [5.41, 5.74) is 2.05. The zero-order chi connectivity index (χ0) is 31.2. The Labute approximate surface area is 260 Å². The van der Waals surface area contributed by atoms with Crippen LogP contribution in [0, 0.1) is 5.92 Å². The molecule has 1 N–H and O–H groups in total. The second-order valence-electron chi connectivity index (χ2n) is 11.5. The van der Waals surface area contributed by atoms with E-state index >= 15 is 0 Å². The first-order chi connectivity index (χ1) is 20.8. The number of methoxy groups -OCH3 is 1. The number of aliphatic hydroxyl groups is 1. The van der Waals surface area contributed by atoms with Crippen molar-refractivity contribution in [3.05, 3.63) is 97.1 Å². The van der Waals surface area contributed by atoms with Crippen LogP contribution in [-0.2, 0) is 20.5 Å². The van der Waals surface area contributed by atoms with Crippen LogP contribution in [0.3, 0.4) is 0 Å². The Morgan fingerprint density at radius 1 is 1.00 bits per heavy atom. The molecule has 0 saturated carbocycles. The van der Waals surface area contributed by atoms with E-state index < -0.39 is 20.5 Å². The van der Waals surface area contributed by atoms with E-state index in [-0.39, 0.29) is 24.2 Å². The molecule has 0 bridgehead atoms. The minimum Gasteiger partial charge on any atom is -0.497 e. The van der Waals surface area contributed by atoms with E-state index in [1.165, 1.54) is 0 Å². The van der Waals surface area contributed by atoms with Crippen molar-refractivity contribution in [1.82, 2.24) is 0 Å². The molecular formula is C36H52O6Si. The van der Waals surface area contributed by atoms with Crippen molar-refractivity contribution in [2.24, 2.45) is 5.92 Å². The topological polar surface area (TPSA) is 66.4 Å². The lowest BCUT2D eigenvalue weighted by atomic mass is 9.86. The predicted octanol–water partition coefficient (Wildman–Crippen LogP) is 7.89. The monoisotopic (exact) mass is 608 g/mol. The zero-order valence-corrected chi connectivity index (χ0v) is 27.7. The Morgan fingerprint density at radius 2 is 1.65 bits per heavy atom. The molecule has 2 aromatic carbocycles. The average Bonchev–Trinajstić information content (AvgIpc) is 3.03. The molecule has 0 amide bonds. The van der Waals surface area contributed by atoms with E-state index in [4.69, 9.17) is 23.4 Å². The molecule has 0 unspecified atom stereocenters. The fourth-order valence-corrected chi connectivity index (χ4v) is 8.62. The molecule has 6 atom stereocenters. The number of allylic oxidation sites excluding steroid dienone is 2. The Kier molecular flexibility index (Phi) is 14.2. The molecule has 236 valence electrons. The first kappa shape index (κ1) is 34.8. The Bertz CT molecular complexity index is 1120. The minimum atomic E-state index is -1.99. The van der Waals surface area contributed by atoms with Gasteiger partial charge in [0, 0.05) is 12.3 Å². The molecule has 3 rings (SSSR count). The lowest BCUT2D eigenvalue weighted by molar-refractivity contribution is -0.204. The van der Waals surface area contributed by atoms with Gasteiger partial charge >= 0.3 is 0 Å². The van der Waals surface area contributed by atoms with Gasteiger partial charge in [0.2, 0.25) is 0 Å². The van der Waals surface area contributed by atoms with Gasteiger partial charge in [0.15, 0.2) is 8.32 Å². The van der Waals surface area contributed by atoms with Crippen LogP contribution in [0.5, 0.6) is 11.5 Å². The van der Waals surface area contributed by atoms with Gasteiger partial charge < -0.3 is 28.5 Å². The summed E-state index contributed by atoms with van der Waals surface area (Å²) in [4.78, 5) is 0. The summed E-state index contributed by atoms with van der Waals surface area (Å²) < 4.78 is 31.2. The summed E-state index contributed by atoms with van der Waals surface area (Å²) in [6.45, 7) is 17.9. The highest BCUT2D eigenvalue weighted by molar-refractivity contribution is 6.73. The van der Waals surface area contributed by atoms with Crippen LogP contribution in [0.1, 0.15) is 46.1 Å². The predicted molar refractivity (Wildman–Crippen MR) is 177 cm³/mol. The first-order valence-electron chi connectivity index (χ1n) is 15.7. The molecule has 7 heteroatoms. The fraction of sp³-hybridized carbons (Fsp3) is 0.500. The summed E-state index contributed by atoms with van der Waals surface area (Å²) in [5.74, 6) is 1.49. The van der Waals surface area contributed by atoms with Crippen LogP contribution in [0.4, 0.5) is 0 Å². The lowest BCUT2D eigenvalue weighted by Gasteiger charge is -2.47. The van der Waals surface area contributed by atoms with Gasteiger partial charge in [-0.25, -0.2) is 0 Å². The number of rotatable bonds is 18. The third-order valence-electron chi connectivity index (χ3n) is 8.67. The summed E-state index contributed by atoms with van der Waals surface area (Å²) in [6, 6.07) is 20.7. The maximum atomic E-state index is 11.7. The summed E-state index contributed by atoms with van der Waals surface area (Å²) in [7, 11) is -0.348. The molecule has 1 fully saturated rings. The highest BCUT2D eigenvalue weighted by Crippen LogP contribution is 2.36. The maximum absolute atomic E-state index is 11.7. The summed E-state index contributed by atoms with van der Waals surface area (Å²) in [6.07, 6.45) is 4.63. The smallest absolute Gasteiger partial charge is 0.192 e. The SMILES string of the molecule is C=C/C=C/[C@H](CC(=C)C[C@H]1O[C@@H](COCc2ccccc2)[C@H](C)[C@@H](O[Si](CC)(CC)CC)[C@@H]1O)Oc1ccc(OC)cc1. The number of benzene rings is 2. The molecule has 2 aromatic rings. The van der Waals surface area contributed by atoms with Crippen molar-refractivity contribution in [1.29, 1.82) is 0 Å². The average molecular weight is 609 g/mol. The number of hydrogen-bond acceptors (Lipinski definition) is 6. The minimum absolute atomic E-state index is 0.0199. The van der Waals surface area contributed by atoms with Crippen LogP contribution in [0.15, 0.2) is 91.6 Å². The third kappa shape index (κ3) is 10.2. The van der Waals surface area contributed by atoms with Crippen LogP contribution < -0.4 is 9.47 Å². The molecule has 0 aromatic heterocycles. The summed E-state index contributed by atoms with van der Waals surface area (Å²) >= 11 is 0. The Hall–Kier alpha value is -2.68. The molecule has 0 radical (unpaired) electrons. The highest BCUT2D eigenvalue weighted by Gasteiger charge is 2.47. The first-order valence-corrected chi connectivity index (χ1v) is 18.2. The number of aliphatic hydroxyl groups excluding tert-OH is 1. The van der Waals surface area contributed by atoms with Crippen LogP contribution in [0.25, 0.3) is 0 Å². The van der Waals surface area contributed by atoms with Crippen molar-refractivity contribution < 1.29 is 28.5 Å². The molecule has 1 aliphatic rings. The molecule has 43 heavy (non-hydrogen) atoms. The van der Waals surface area contributed by atoms with Gasteiger partial charge in [-0.3, -0.25) is 0 Å². The quantitative estimate of drug-likeness (QED) is 0.105. The third-order valence-corrected chi connectivity index (χ3v) is 13.3. The zero-order valence-electron chi connectivity index (χ0n) is 26.7. The largest absolute Gasteiger partial charge is 0.497 e. The fourth-order valence-electron chi connectivity index (χ4n) is 5.69. The van der Waals surface area contributed by atoms with E-state index in [9.17, 15) is 5.11 Å². The standard InChI is InChI=1S/C36H52O6Si/c1-8-12-18-32(40-31-21-19-30(38-7)20-22-31)23-27(5)24-33-35(37)36(42-43(9-2,10-3)11-4)28(6)34(41-33)26-39-25-29-16-14-13-15-17-29/h8,12-22,28,32-37H,1,5,9-11,23-26H2,2-4,6-7H3/b18-12+/t28-,32+,33+,34-,35+,36+/m0/s1. The van der Waals surface area contributed by atoms with Crippen molar-refractivity contribution >= 4 is 8.32 Å². The molecule has 1 heterocycles.